The summed E-state index contributed by atoms with van der Waals surface area (Å²) in [5.74, 6) is 0. The van der Waals surface area contributed by atoms with Crippen molar-refractivity contribution in [2.45, 2.75) is 6.42 Å². The molecule has 0 N–H and O–H groups in total. The maximum Gasteiger partial charge on any atom is 0.106 e. The molecule has 0 fully saturated rings. The smallest absolute Gasteiger partial charge is 0.106 e. The maximum atomic E-state index is 3.98. The number of hydrogen-bond donors (Lipinski definition) is 0. The summed E-state index contributed by atoms with van der Waals surface area (Å²) in [7, 11) is 0. The molecule has 0 bridgehead atoms. The van der Waals surface area contributed by atoms with Crippen LogP contribution in [0.25, 0.3) is 0 Å². The first-order valence-electron chi connectivity index (χ1n) is 2.72. The third-order valence-corrected chi connectivity index (χ3v) is 1.51. The second kappa shape index (κ2) is 2.97. The highest BCUT2D eigenvalue weighted by Gasteiger charge is 1.88. The molecule has 0 aliphatic rings. The average Bonchev–Trinajstić information content (AvgIpc) is 1.88. The second-order valence-corrected chi connectivity index (χ2v) is 2.55. The number of hydrogen-bond acceptors (Lipinski definition) is 1. The number of halogens is 1. The number of aromatic nitrogens is 1. The first kappa shape index (κ1) is 6.75. The van der Waals surface area contributed by atoms with E-state index in [-0.39, 0.29) is 0 Å². The van der Waals surface area contributed by atoms with Gasteiger partial charge >= 0.3 is 0 Å². The third-order valence-electron chi connectivity index (χ3n) is 1.08. The molecule has 47 valence electrons. The highest BCUT2D eigenvalue weighted by atomic mass is 79.9. The van der Waals surface area contributed by atoms with Gasteiger partial charge in [-0.2, -0.15) is 0 Å². The van der Waals surface area contributed by atoms with Crippen LogP contribution in [0, 0.1) is 6.92 Å². The Labute approximate surface area is 63.2 Å². The van der Waals surface area contributed by atoms with E-state index in [4.69, 9.17) is 0 Å². The van der Waals surface area contributed by atoms with Crippen LogP contribution in [-0.2, 0) is 6.42 Å². The van der Waals surface area contributed by atoms with Gasteiger partial charge in [-0.1, -0.05) is 0 Å². The monoisotopic (exact) mass is 184 g/mol. The van der Waals surface area contributed by atoms with Crippen LogP contribution in [0.4, 0.5) is 0 Å². The molecular formula is C7H7BrN. The van der Waals surface area contributed by atoms with Crippen molar-refractivity contribution in [1.82, 2.24) is 4.98 Å². The van der Waals surface area contributed by atoms with Crippen LogP contribution in [0.5, 0.6) is 0 Å². The maximum absolute atomic E-state index is 3.98. The van der Waals surface area contributed by atoms with E-state index in [9.17, 15) is 0 Å². The summed E-state index contributed by atoms with van der Waals surface area (Å²) in [6.07, 6.45) is 2.59. The van der Waals surface area contributed by atoms with Gasteiger partial charge in [0.05, 0.1) is 0 Å². The van der Waals surface area contributed by atoms with Crippen molar-refractivity contribution in [3.8, 4) is 0 Å². The molecule has 0 amide bonds. The summed E-state index contributed by atoms with van der Waals surface area (Å²) in [5.41, 5.74) is 1.21. The van der Waals surface area contributed by atoms with Gasteiger partial charge in [-0.05, 0) is 47.0 Å². The van der Waals surface area contributed by atoms with Gasteiger partial charge in [-0.15, -0.1) is 0 Å². The zero-order chi connectivity index (χ0) is 6.69. The zero-order valence-corrected chi connectivity index (χ0v) is 6.56. The minimum atomic E-state index is 0.821. The van der Waals surface area contributed by atoms with Crippen molar-refractivity contribution in [3.63, 3.8) is 0 Å². The normalized spacial score (nSPS) is 9.56. The predicted molar refractivity (Wildman–Crippen MR) is 41.0 cm³/mol. The van der Waals surface area contributed by atoms with Gasteiger partial charge in [0.2, 0.25) is 0 Å². The van der Waals surface area contributed by atoms with E-state index in [1.54, 1.807) is 6.20 Å². The molecule has 1 radical (unpaired) electrons. The SMILES string of the molecule is [CH2]Cc1ccnc(Br)c1. The minimum Gasteiger partial charge on any atom is -0.249 e. The predicted octanol–water partition coefficient (Wildman–Crippen LogP) is 2.22. The van der Waals surface area contributed by atoms with Crippen LogP contribution >= 0.6 is 15.9 Å². The van der Waals surface area contributed by atoms with Gasteiger partial charge in [0.1, 0.15) is 4.60 Å². The summed E-state index contributed by atoms with van der Waals surface area (Å²) in [6, 6.07) is 3.92. The lowest BCUT2D eigenvalue weighted by atomic mass is 10.2. The molecule has 1 aromatic rings. The number of nitrogens with zero attached hydrogens (tertiary/aromatic N) is 1. The fourth-order valence-corrected chi connectivity index (χ4v) is 1.01. The van der Waals surface area contributed by atoms with Gasteiger partial charge < -0.3 is 0 Å². The van der Waals surface area contributed by atoms with Crippen molar-refractivity contribution in [2.24, 2.45) is 0 Å². The first-order chi connectivity index (χ1) is 4.33. The van der Waals surface area contributed by atoms with Gasteiger partial charge in [0.15, 0.2) is 0 Å². The second-order valence-electron chi connectivity index (χ2n) is 1.74. The van der Waals surface area contributed by atoms with E-state index in [0.29, 0.717) is 0 Å². The lowest BCUT2D eigenvalue weighted by molar-refractivity contribution is 1.18. The Kier molecular flexibility index (Phi) is 2.22. The topological polar surface area (TPSA) is 12.9 Å². The molecule has 0 atom stereocenters. The summed E-state index contributed by atoms with van der Waals surface area (Å²) >= 11 is 3.26. The molecule has 0 aliphatic carbocycles. The highest BCUT2D eigenvalue weighted by molar-refractivity contribution is 9.10. The van der Waals surface area contributed by atoms with Gasteiger partial charge in [0.25, 0.3) is 0 Å². The lowest BCUT2D eigenvalue weighted by Gasteiger charge is -1.93. The summed E-state index contributed by atoms with van der Waals surface area (Å²) in [6.45, 7) is 3.75. The van der Waals surface area contributed by atoms with Crippen molar-refractivity contribution in [3.05, 3.63) is 35.4 Å². The Hall–Kier alpha value is -0.370. The molecule has 0 spiro atoms. The molecule has 0 aliphatic heterocycles. The molecule has 0 saturated carbocycles. The van der Waals surface area contributed by atoms with E-state index in [0.717, 1.165) is 11.0 Å². The minimum absolute atomic E-state index is 0.821. The van der Waals surface area contributed by atoms with Crippen molar-refractivity contribution in [1.29, 1.82) is 0 Å². The molecule has 0 unspecified atom stereocenters. The largest absolute Gasteiger partial charge is 0.249 e. The Morgan fingerprint density at radius 2 is 2.44 bits per heavy atom. The van der Waals surface area contributed by atoms with Crippen LogP contribution in [-0.4, -0.2) is 4.98 Å². The Bertz CT molecular complexity index is 198. The molecular weight excluding hydrogens is 178 g/mol. The lowest BCUT2D eigenvalue weighted by Crippen LogP contribution is -1.80. The standard InChI is InChI=1S/C7H7BrN/c1-2-6-3-4-9-7(8)5-6/h3-5H,1-2H2. The third kappa shape index (κ3) is 1.79. The molecule has 1 rings (SSSR count). The molecule has 1 aromatic heterocycles. The molecule has 1 nitrogen and oxygen atoms in total. The van der Waals surface area contributed by atoms with E-state index >= 15 is 0 Å². The zero-order valence-electron chi connectivity index (χ0n) is 4.97. The Morgan fingerprint density at radius 1 is 1.67 bits per heavy atom. The van der Waals surface area contributed by atoms with E-state index < -0.39 is 0 Å². The summed E-state index contributed by atoms with van der Waals surface area (Å²) in [4.78, 5) is 3.98. The number of pyridine rings is 1. The Morgan fingerprint density at radius 3 is 2.89 bits per heavy atom. The summed E-state index contributed by atoms with van der Waals surface area (Å²) < 4.78 is 0.878. The number of rotatable bonds is 1. The molecule has 0 saturated heterocycles. The van der Waals surface area contributed by atoms with Gasteiger partial charge in [0, 0.05) is 6.20 Å². The molecule has 2 heteroatoms. The van der Waals surface area contributed by atoms with Crippen LogP contribution in [0.2, 0.25) is 0 Å². The van der Waals surface area contributed by atoms with E-state index in [1.807, 2.05) is 12.1 Å². The molecule has 9 heavy (non-hydrogen) atoms. The van der Waals surface area contributed by atoms with E-state index in [1.165, 1.54) is 5.56 Å². The van der Waals surface area contributed by atoms with E-state index in [2.05, 4.69) is 27.8 Å². The van der Waals surface area contributed by atoms with Crippen LogP contribution < -0.4 is 0 Å². The first-order valence-corrected chi connectivity index (χ1v) is 3.52. The highest BCUT2D eigenvalue weighted by Crippen LogP contribution is 2.07. The quantitative estimate of drug-likeness (QED) is 0.611. The van der Waals surface area contributed by atoms with Gasteiger partial charge in [-0.25, -0.2) is 4.98 Å². The summed E-state index contributed by atoms with van der Waals surface area (Å²) in [5, 5.41) is 0. The average molecular weight is 185 g/mol. The van der Waals surface area contributed by atoms with Crippen LogP contribution in [0.3, 0.4) is 0 Å². The van der Waals surface area contributed by atoms with Gasteiger partial charge in [-0.3, -0.25) is 0 Å². The van der Waals surface area contributed by atoms with Crippen molar-refractivity contribution in [2.75, 3.05) is 0 Å². The fourth-order valence-electron chi connectivity index (χ4n) is 0.598. The van der Waals surface area contributed by atoms with Crippen LogP contribution in [0.1, 0.15) is 5.56 Å². The molecule has 1 heterocycles. The van der Waals surface area contributed by atoms with Crippen molar-refractivity contribution < 1.29 is 0 Å². The van der Waals surface area contributed by atoms with Crippen molar-refractivity contribution >= 4 is 15.9 Å². The Balaban J connectivity index is 2.94. The fraction of sp³-hybridized carbons (Fsp3) is 0.143. The van der Waals surface area contributed by atoms with Crippen LogP contribution in [0.15, 0.2) is 22.9 Å². The molecule has 0 aromatic carbocycles.